The second-order valence-electron chi connectivity index (χ2n) is 10.5. The van der Waals surface area contributed by atoms with Gasteiger partial charge in [-0.1, -0.05) is 72.2 Å². The van der Waals surface area contributed by atoms with E-state index in [1.807, 2.05) is 66.7 Å². The average Bonchev–Trinajstić information content (AvgIpc) is 3.27. The highest BCUT2D eigenvalue weighted by molar-refractivity contribution is 6.33. The summed E-state index contributed by atoms with van der Waals surface area (Å²) < 4.78 is 20.3. The van der Waals surface area contributed by atoms with Gasteiger partial charge in [-0.15, -0.1) is 0 Å². The molecule has 0 spiro atoms. The van der Waals surface area contributed by atoms with Crippen LogP contribution >= 0.6 is 0 Å². The van der Waals surface area contributed by atoms with Gasteiger partial charge in [0.25, 0.3) is 0 Å². The Kier molecular flexibility index (Phi) is 4.75. The molecule has 0 saturated carbocycles. The summed E-state index contributed by atoms with van der Waals surface area (Å²) >= 11 is 0. The highest BCUT2D eigenvalue weighted by Gasteiger charge is 2.48. The van der Waals surface area contributed by atoms with Crippen molar-refractivity contribution in [2.45, 2.75) is 5.60 Å². The molecule has 0 aliphatic carbocycles. The van der Waals surface area contributed by atoms with Crippen molar-refractivity contribution < 1.29 is 13.9 Å². The number of hydrogen-bond acceptors (Lipinski definition) is 2. The van der Waals surface area contributed by atoms with Crippen molar-refractivity contribution in [3.8, 4) is 0 Å². The van der Waals surface area contributed by atoms with Crippen LogP contribution in [-0.2, 0) is 10.3 Å². The third-order valence-electron chi connectivity index (χ3n) is 8.16. The maximum absolute atomic E-state index is 13.9. The molecule has 0 N–H and O–H groups in total. The van der Waals surface area contributed by atoms with Crippen LogP contribution in [0.1, 0.15) is 27.0 Å². The fourth-order valence-electron chi connectivity index (χ4n) is 6.23. The van der Waals surface area contributed by atoms with Gasteiger partial charge in [0.05, 0.1) is 5.56 Å². The largest absolute Gasteiger partial charge is 0.441 e. The van der Waals surface area contributed by atoms with E-state index in [9.17, 15) is 9.18 Å². The van der Waals surface area contributed by atoms with Gasteiger partial charge in [0.2, 0.25) is 0 Å². The molecule has 0 aromatic heterocycles. The molecule has 1 aliphatic heterocycles. The smallest absolute Gasteiger partial charge is 0.340 e. The Bertz CT molecular complexity index is 2080. The number of halogens is 1. The van der Waals surface area contributed by atoms with Crippen LogP contribution in [0.4, 0.5) is 4.39 Å². The van der Waals surface area contributed by atoms with Crippen molar-refractivity contribution >= 4 is 62.4 Å². The Morgan fingerprint density at radius 2 is 1.07 bits per heavy atom. The molecule has 2 nitrogen and oxygen atoms in total. The first-order valence-corrected chi connectivity index (χ1v) is 13.2. The number of rotatable bonds is 2. The minimum Gasteiger partial charge on any atom is -0.441 e. The summed E-state index contributed by atoms with van der Waals surface area (Å²) in [4.78, 5) is 13.3. The summed E-state index contributed by atoms with van der Waals surface area (Å²) in [5.74, 6) is -0.608. The predicted octanol–water partition coefficient (Wildman–Crippen LogP) is 7.69. The Morgan fingerprint density at radius 1 is 0.550 bits per heavy atom. The maximum Gasteiger partial charge on any atom is 0.340 e. The van der Waals surface area contributed by atoms with E-state index in [0.717, 1.165) is 65.2 Å². The van der Waals surface area contributed by atoms with Crippen LogP contribution in [0.15, 0.2) is 121 Å². The van der Waals surface area contributed by atoms with E-state index < -0.39 is 5.60 Å². The van der Waals surface area contributed by atoms with Gasteiger partial charge in [-0.2, -0.15) is 0 Å². The zero-order valence-corrected chi connectivity index (χ0v) is 21.3. The zero-order valence-electron chi connectivity index (χ0n) is 21.3. The number of carbonyl (C=O) groups excluding carboxylic acids is 1. The summed E-state index contributed by atoms with van der Waals surface area (Å²) in [5.41, 5.74) is 2.71. The Hall–Kier alpha value is -4.96. The lowest BCUT2D eigenvalue weighted by molar-refractivity contribution is 0.0252. The Balaban J connectivity index is 1.40. The summed E-state index contributed by atoms with van der Waals surface area (Å²) in [7, 11) is 6.03. The van der Waals surface area contributed by atoms with Crippen LogP contribution in [0, 0.1) is 5.82 Å². The van der Waals surface area contributed by atoms with E-state index in [0.29, 0.717) is 5.56 Å². The first-order chi connectivity index (χ1) is 19.5. The summed E-state index contributed by atoms with van der Waals surface area (Å²) in [6.07, 6.45) is 0. The lowest BCUT2D eigenvalue weighted by Crippen LogP contribution is -2.29. The SMILES string of the molecule is [B]c1ccc2cc3cc(C4(c5ccc6cc7cc(F)ccc7cc6c5)OC(=O)c5ccccc54)ccc3cc2c1. The minimum absolute atomic E-state index is 0.260. The minimum atomic E-state index is -1.12. The van der Waals surface area contributed by atoms with Crippen molar-refractivity contribution in [3.05, 3.63) is 149 Å². The van der Waals surface area contributed by atoms with Crippen LogP contribution < -0.4 is 5.46 Å². The standard InChI is InChI=1S/C36H20BFO2/c37-31-11-7-23-13-25-17-29(9-5-21(25)15-27(23)19-31)36(34-4-2-1-3-33(34)35(39)40-36)30-10-6-22-16-28-20-32(38)12-8-24(28)14-26(22)18-30/h1-20H. The molecule has 1 atom stereocenters. The number of carbonyl (C=O) groups is 1. The van der Waals surface area contributed by atoms with E-state index in [1.165, 1.54) is 6.07 Å². The molecule has 1 unspecified atom stereocenters. The van der Waals surface area contributed by atoms with Crippen LogP contribution in [0.5, 0.6) is 0 Å². The molecule has 1 heterocycles. The fourth-order valence-corrected chi connectivity index (χ4v) is 6.23. The summed E-state index contributed by atoms with van der Waals surface area (Å²) in [6, 6.07) is 39.0. The number of hydrogen-bond donors (Lipinski definition) is 0. The average molecular weight is 514 g/mol. The van der Waals surface area contributed by atoms with Gasteiger partial charge in [-0.05, 0) is 97.7 Å². The summed E-state index contributed by atoms with van der Waals surface area (Å²) in [6.45, 7) is 0. The number of benzene rings is 7. The Labute approximate surface area is 231 Å². The number of ether oxygens (including phenoxy) is 1. The molecular formula is C36H20BFO2. The Morgan fingerprint density at radius 3 is 1.73 bits per heavy atom. The van der Waals surface area contributed by atoms with E-state index in [1.54, 1.807) is 12.1 Å². The topological polar surface area (TPSA) is 26.3 Å². The number of fused-ring (bicyclic) bond motifs is 5. The molecule has 186 valence electrons. The number of esters is 1. The van der Waals surface area contributed by atoms with Gasteiger partial charge >= 0.3 is 5.97 Å². The van der Waals surface area contributed by atoms with Gasteiger partial charge in [-0.3, -0.25) is 0 Å². The molecule has 4 heteroatoms. The molecule has 0 saturated heterocycles. The van der Waals surface area contributed by atoms with Gasteiger partial charge in [0, 0.05) is 16.7 Å². The van der Waals surface area contributed by atoms with E-state index >= 15 is 0 Å². The zero-order chi connectivity index (χ0) is 27.0. The second-order valence-corrected chi connectivity index (χ2v) is 10.5. The third kappa shape index (κ3) is 3.32. The van der Waals surface area contributed by atoms with Gasteiger partial charge in [-0.25, -0.2) is 9.18 Å². The fraction of sp³-hybridized carbons (Fsp3) is 0.0278. The molecule has 8 rings (SSSR count). The van der Waals surface area contributed by atoms with E-state index in [4.69, 9.17) is 12.6 Å². The van der Waals surface area contributed by atoms with Crippen LogP contribution in [0.25, 0.3) is 43.1 Å². The predicted molar refractivity (Wildman–Crippen MR) is 160 cm³/mol. The molecule has 7 aromatic rings. The molecule has 7 aromatic carbocycles. The summed E-state index contributed by atoms with van der Waals surface area (Å²) in [5, 5.41) is 8.05. The van der Waals surface area contributed by atoms with Crippen LogP contribution in [0.3, 0.4) is 0 Å². The molecule has 0 fully saturated rings. The molecule has 40 heavy (non-hydrogen) atoms. The van der Waals surface area contributed by atoms with Crippen LogP contribution in [-0.4, -0.2) is 13.8 Å². The molecule has 1 aliphatic rings. The second kappa shape index (κ2) is 8.27. The third-order valence-corrected chi connectivity index (χ3v) is 8.16. The lowest BCUT2D eigenvalue weighted by Gasteiger charge is -2.31. The van der Waals surface area contributed by atoms with Crippen molar-refractivity contribution in [3.63, 3.8) is 0 Å². The molecule has 0 bridgehead atoms. The first-order valence-electron chi connectivity index (χ1n) is 13.2. The van der Waals surface area contributed by atoms with Crippen molar-refractivity contribution in [2.24, 2.45) is 0 Å². The van der Waals surface area contributed by atoms with Gasteiger partial charge < -0.3 is 4.74 Å². The molecule has 2 radical (unpaired) electrons. The van der Waals surface area contributed by atoms with E-state index in [-0.39, 0.29) is 11.8 Å². The van der Waals surface area contributed by atoms with Crippen molar-refractivity contribution in [1.82, 2.24) is 0 Å². The quantitative estimate of drug-likeness (QED) is 0.134. The lowest BCUT2D eigenvalue weighted by atomic mass is 9.78. The van der Waals surface area contributed by atoms with Crippen molar-refractivity contribution in [1.29, 1.82) is 0 Å². The monoisotopic (exact) mass is 514 g/mol. The molecule has 0 amide bonds. The van der Waals surface area contributed by atoms with Crippen molar-refractivity contribution in [2.75, 3.05) is 0 Å². The molecular weight excluding hydrogens is 494 g/mol. The normalized spacial score (nSPS) is 16.6. The maximum atomic E-state index is 13.9. The number of cyclic esters (lactones) is 1. The highest BCUT2D eigenvalue weighted by atomic mass is 19.1. The van der Waals surface area contributed by atoms with E-state index in [2.05, 4.69) is 36.4 Å². The highest BCUT2D eigenvalue weighted by Crippen LogP contribution is 2.48. The van der Waals surface area contributed by atoms with Gasteiger partial charge in [0.15, 0.2) is 5.60 Å². The van der Waals surface area contributed by atoms with Gasteiger partial charge in [0.1, 0.15) is 13.7 Å². The first kappa shape index (κ1) is 23.0. The van der Waals surface area contributed by atoms with Crippen LogP contribution in [0.2, 0.25) is 0 Å².